The second-order valence-electron chi connectivity index (χ2n) is 3.84. The fourth-order valence-corrected chi connectivity index (χ4v) is 2.55. The Hall–Kier alpha value is -1.59. The van der Waals surface area contributed by atoms with Gasteiger partial charge in [0.25, 0.3) is 0 Å². The van der Waals surface area contributed by atoms with Crippen LogP contribution in [0.25, 0.3) is 5.65 Å². The fraction of sp³-hybridized carbons (Fsp3) is 0.167. The zero-order valence-corrected chi connectivity index (χ0v) is 11.1. The van der Waals surface area contributed by atoms with Gasteiger partial charge in [0.15, 0.2) is 5.65 Å². The average Bonchev–Trinajstić information content (AvgIpc) is 2.97. The average molecular weight is 279 g/mol. The predicted molar refractivity (Wildman–Crippen MR) is 74.5 cm³/mol. The van der Waals surface area contributed by atoms with E-state index in [1.54, 1.807) is 28.1 Å². The van der Waals surface area contributed by atoms with Crippen molar-refractivity contribution in [1.29, 1.82) is 0 Å². The van der Waals surface area contributed by atoms with Crippen molar-refractivity contribution in [2.45, 2.75) is 6.42 Å². The van der Waals surface area contributed by atoms with Crippen molar-refractivity contribution >= 4 is 34.5 Å². The molecule has 0 aliphatic carbocycles. The highest BCUT2D eigenvalue weighted by atomic mass is 35.5. The van der Waals surface area contributed by atoms with Gasteiger partial charge in [-0.3, -0.25) is 0 Å². The van der Waals surface area contributed by atoms with Gasteiger partial charge < -0.3 is 5.32 Å². The molecule has 0 aliphatic heterocycles. The summed E-state index contributed by atoms with van der Waals surface area (Å²) in [6.45, 7) is 0.825. The van der Waals surface area contributed by atoms with Crippen LogP contribution in [0, 0.1) is 0 Å². The molecule has 0 aromatic carbocycles. The van der Waals surface area contributed by atoms with E-state index >= 15 is 0 Å². The number of hydrogen-bond acceptors (Lipinski definition) is 4. The summed E-state index contributed by atoms with van der Waals surface area (Å²) >= 11 is 7.65. The molecule has 92 valence electrons. The third kappa shape index (κ3) is 2.47. The molecule has 3 aromatic heterocycles. The SMILES string of the molecule is Clc1ccc2nc(NCCc3cccs3)nn2c1. The summed E-state index contributed by atoms with van der Waals surface area (Å²) < 4.78 is 1.68. The van der Waals surface area contributed by atoms with Gasteiger partial charge in [0.2, 0.25) is 5.95 Å². The van der Waals surface area contributed by atoms with Crippen molar-refractivity contribution < 1.29 is 0 Å². The zero-order valence-electron chi connectivity index (χ0n) is 9.51. The summed E-state index contributed by atoms with van der Waals surface area (Å²) in [5.41, 5.74) is 0.790. The first-order valence-corrected chi connectivity index (χ1v) is 6.85. The molecule has 18 heavy (non-hydrogen) atoms. The minimum absolute atomic E-state index is 0.633. The van der Waals surface area contributed by atoms with Gasteiger partial charge in [-0.05, 0) is 30.0 Å². The molecule has 0 fully saturated rings. The number of nitrogens with zero attached hydrogens (tertiary/aromatic N) is 3. The van der Waals surface area contributed by atoms with Crippen LogP contribution in [0.5, 0.6) is 0 Å². The molecule has 0 amide bonds. The highest BCUT2D eigenvalue weighted by molar-refractivity contribution is 7.09. The monoisotopic (exact) mass is 278 g/mol. The first-order valence-electron chi connectivity index (χ1n) is 5.59. The Kier molecular flexibility index (Phi) is 3.17. The van der Waals surface area contributed by atoms with Crippen LogP contribution >= 0.6 is 22.9 Å². The highest BCUT2D eigenvalue weighted by Crippen LogP contribution is 2.12. The van der Waals surface area contributed by atoms with E-state index in [-0.39, 0.29) is 0 Å². The molecule has 0 atom stereocenters. The number of hydrogen-bond donors (Lipinski definition) is 1. The fourth-order valence-electron chi connectivity index (χ4n) is 1.69. The molecular formula is C12H11ClN4S. The standard InChI is InChI=1S/C12H11ClN4S/c13-9-3-4-11-15-12(16-17(11)8-9)14-6-5-10-2-1-7-18-10/h1-4,7-8H,5-6H2,(H,14,16). The van der Waals surface area contributed by atoms with E-state index < -0.39 is 0 Å². The zero-order chi connectivity index (χ0) is 12.4. The van der Waals surface area contributed by atoms with E-state index in [0.717, 1.165) is 18.6 Å². The van der Waals surface area contributed by atoms with Crippen molar-refractivity contribution in [3.63, 3.8) is 0 Å². The van der Waals surface area contributed by atoms with Gasteiger partial charge in [-0.2, -0.15) is 4.98 Å². The van der Waals surface area contributed by atoms with Crippen molar-refractivity contribution in [1.82, 2.24) is 14.6 Å². The number of fused-ring (bicyclic) bond motifs is 1. The highest BCUT2D eigenvalue weighted by Gasteiger charge is 2.03. The van der Waals surface area contributed by atoms with Crippen LogP contribution in [0.4, 0.5) is 5.95 Å². The molecule has 0 aliphatic rings. The quantitative estimate of drug-likeness (QED) is 0.797. The normalized spacial score (nSPS) is 10.9. The van der Waals surface area contributed by atoms with Crippen molar-refractivity contribution in [2.24, 2.45) is 0 Å². The maximum Gasteiger partial charge on any atom is 0.243 e. The van der Waals surface area contributed by atoms with Crippen molar-refractivity contribution in [2.75, 3.05) is 11.9 Å². The number of nitrogens with one attached hydrogen (secondary N) is 1. The van der Waals surface area contributed by atoms with E-state index in [1.807, 2.05) is 6.07 Å². The van der Waals surface area contributed by atoms with Crippen LogP contribution in [-0.4, -0.2) is 21.1 Å². The largest absolute Gasteiger partial charge is 0.353 e. The van der Waals surface area contributed by atoms with Gasteiger partial charge in [0.05, 0.1) is 5.02 Å². The Balaban J connectivity index is 1.67. The summed E-state index contributed by atoms with van der Waals surface area (Å²) in [5.74, 6) is 0.633. The molecule has 0 radical (unpaired) electrons. The molecule has 3 aromatic rings. The van der Waals surface area contributed by atoms with Crippen LogP contribution in [-0.2, 0) is 6.42 Å². The molecule has 0 spiro atoms. The molecule has 0 saturated heterocycles. The van der Waals surface area contributed by atoms with E-state index in [1.165, 1.54) is 4.88 Å². The van der Waals surface area contributed by atoms with Crippen LogP contribution in [0.2, 0.25) is 5.02 Å². The molecule has 0 unspecified atom stereocenters. The Bertz CT molecular complexity index is 647. The Labute approximate surface area is 113 Å². The molecule has 1 N–H and O–H groups in total. The minimum Gasteiger partial charge on any atom is -0.353 e. The third-order valence-electron chi connectivity index (χ3n) is 2.53. The second-order valence-corrected chi connectivity index (χ2v) is 5.31. The third-order valence-corrected chi connectivity index (χ3v) is 3.69. The predicted octanol–water partition coefficient (Wildman–Crippen LogP) is 3.10. The van der Waals surface area contributed by atoms with Gasteiger partial charge in [-0.25, -0.2) is 4.52 Å². The van der Waals surface area contributed by atoms with E-state index in [4.69, 9.17) is 11.6 Å². The summed E-state index contributed by atoms with van der Waals surface area (Å²) in [6, 6.07) is 7.84. The molecule has 6 heteroatoms. The van der Waals surface area contributed by atoms with Crippen LogP contribution in [0.1, 0.15) is 4.88 Å². The van der Waals surface area contributed by atoms with Crippen molar-refractivity contribution in [3.05, 3.63) is 45.7 Å². The van der Waals surface area contributed by atoms with Gasteiger partial charge in [0, 0.05) is 17.6 Å². The number of thiophene rings is 1. The number of halogens is 1. The first kappa shape index (κ1) is 11.5. The second kappa shape index (κ2) is 4.96. The first-order chi connectivity index (χ1) is 8.81. The lowest BCUT2D eigenvalue weighted by Gasteiger charge is -1.98. The topological polar surface area (TPSA) is 42.2 Å². The van der Waals surface area contributed by atoms with Gasteiger partial charge in [0.1, 0.15) is 0 Å². The summed E-state index contributed by atoms with van der Waals surface area (Å²) in [7, 11) is 0. The van der Waals surface area contributed by atoms with Gasteiger partial charge in [-0.15, -0.1) is 16.4 Å². The number of aromatic nitrogens is 3. The minimum atomic E-state index is 0.633. The lowest BCUT2D eigenvalue weighted by Crippen LogP contribution is -2.05. The van der Waals surface area contributed by atoms with Gasteiger partial charge in [-0.1, -0.05) is 17.7 Å². The molecule has 0 bridgehead atoms. The summed E-state index contributed by atoms with van der Waals surface area (Å²) in [6.07, 6.45) is 2.72. The lowest BCUT2D eigenvalue weighted by atomic mass is 10.3. The smallest absolute Gasteiger partial charge is 0.243 e. The number of anilines is 1. The van der Waals surface area contributed by atoms with Crippen LogP contribution < -0.4 is 5.32 Å². The van der Waals surface area contributed by atoms with Gasteiger partial charge >= 0.3 is 0 Å². The molecule has 3 rings (SSSR count). The number of pyridine rings is 1. The molecule has 3 heterocycles. The summed E-state index contributed by atoms with van der Waals surface area (Å²) in [4.78, 5) is 5.71. The van der Waals surface area contributed by atoms with Crippen LogP contribution in [0.3, 0.4) is 0 Å². The Morgan fingerprint density at radius 1 is 1.33 bits per heavy atom. The lowest BCUT2D eigenvalue weighted by molar-refractivity contribution is 0.942. The number of rotatable bonds is 4. The Morgan fingerprint density at radius 3 is 3.11 bits per heavy atom. The summed E-state index contributed by atoms with van der Waals surface area (Å²) in [5, 5.41) is 10.3. The maximum atomic E-state index is 5.89. The maximum absolute atomic E-state index is 5.89. The van der Waals surface area contributed by atoms with E-state index in [9.17, 15) is 0 Å². The van der Waals surface area contributed by atoms with E-state index in [0.29, 0.717) is 11.0 Å². The van der Waals surface area contributed by atoms with Crippen molar-refractivity contribution in [3.8, 4) is 0 Å². The van der Waals surface area contributed by atoms with Crippen LogP contribution in [0.15, 0.2) is 35.8 Å². The molecule has 4 nitrogen and oxygen atoms in total. The van der Waals surface area contributed by atoms with E-state index in [2.05, 4.69) is 32.9 Å². The molecular weight excluding hydrogens is 268 g/mol. The molecule has 0 saturated carbocycles. The Morgan fingerprint density at radius 2 is 2.28 bits per heavy atom.